The lowest BCUT2D eigenvalue weighted by Crippen LogP contribution is -2.16. The number of alkyl halides is 3. The lowest BCUT2D eigenvalue weighted by atomic mass is 10.1. The second kappa shape index (κ2) is 7.07. The lowest BCUT2D eigenvalue weighted by molar-refractivity contribution is -0.118. The molecule has 1 aromatic carbocycles. The van der Waals surface area contributed by atoms with E-state index in [1.807, 2.05) is 6.07 Å². The van der Waals surface area contributed by atoms with Gasteiger partial charge in [-0.1, -0.05) is 66.6 Å². The number of allylic oxidation sites excluding steroid dienone is 2. The smallest absolute Gasteiger partial charge is 0.300 e. The molecule has 0 radical (unpaired) electrons. The molecule has 27 heavy (non-hydrogen) atoms. The molecule has 1 heterocycles. The summed E-state index contributed by atoms with van der Waals surface area (Å²) in [5, 5.41) is 10.7. The third-order valence-electron chi connectivity index (χ3n) is 4.52. The van der Waals surface area contributed by atoms with Crippen LogP contribution >= 0.6 is 34.5 Å². The first-order valence-corrected chi connectivity index (χ1v) is 9.42. The van der Waals surface area contributed by atoms with Gasteiger partial charge < -0.3 is 5.32 Å². The molecule has 1 amide bonds. The van der Waals surface area contributed by atoms with Gasteiger partial charge in [0.05, 0.1) is 5.92 Å². The zero-order chi connectivity index (χ0) is 20.0. The van der Waals surface area contributed by atoms with E-state index in [1.165, 1.54) is 0 Å². The predicted molar refractivity (Wildman–Crippen MR) is 99.7 cm³/mol. The molecule has 1 aliphatic carbocycles. The second-order valence-corrected chi connectivity index (χ2v) is 8.57. The molecule has 2 unspecified atom stereocenters. The van der Waals surface area contributed by atoms with Crippen molar-refractivity contribution in [3.05, 3.63) is 40.4 Å². The van der Waals surface area contributed by atoms with Crippen molar-refractivity contribution < 1.29 is 18.0 Å². The zero-order valence-electron chi connectivity index (χ0n) is 14.1. The van der Waals surface area contributed by atoms with Crippen LogP contribution in [-0.2, 0) is 4.79 Å². The number of carbonyl (C=O) groups excluding carboxylic acids is 1. The maximum absolute atomic E-state index is 12.6. The number of nitrogens with zero attached hydrogens (tertiary/aromatic N) is 2. The van der Waals surface area contributed by atoms with Gasteiger partial charge in [0, 0.05) is 10.6 Å². The van der Waals surface area contributed by atoms with Crippen LogP contribution in [0, 0.1) is 17.3 Å². The van der Waals surface area contributed by atoms with E-state index in [0.29, 0.717) is 10.0 Å². The summed E-state index contributed by atoms with van der Waals surface area (Å²) >= 11 is 12.4. The van der Waals surface area contributed by atoms with Crippen molar-refractivity contribution in [3.63, 3.8) is 0 Å². The van der Waals surface area contributed by atoms with Crippen molar-refractivity contribution in [2.24, 2.45) is 17.3 Å². The first-order valence-electron chi connectivity index (χ1n) is 7.85. The van der Waals surface area contributed by atoms with Gasteiger partial charge in [-0.2, -0.15) is 13.2 Å². The number of aromatic nitrogens is 2. The minimum Gasteiger partial charge on any atom is -0.300 e. The van der Waals surface area contributed by atoms with Crippen molar-refractivity contribution in [1.29, 1.82) is 0 Å². The molecule has 3 rings (SSSR count). The molecule has 2 aromatic rings. The van der Waals surface area contributed by atoms with Crippen LogP contribution in [0.1, 0.15) is 13.8 Å². The fourth-order valence-electron chi connectivity index (χ4n) is 2.94. The van der Waals surface area contributed by atoms with E-state index in [9.17, 15) is 18.0 Å². The summed E-state index contributed by atoms with van der Waals surface area (Å²) in [5.41, 5.74) is 0.126. The van der Waals surface area contributed by atoms with Gasteiger partial charge in [-0.25, -0.2) is 0 Å². The van der Waals surface area contributed by atoms with Crippen molar-refractivity contribution in [1.82, 2.24) is 10.2 Å². The van der Waals surface area contributed by atoms with Gasteiger partial charge in [-0.15, -0.1) is 10.2 Å². The number of hydrogen-bond acceptors (Lipinski definition) is 4. The summed E-state index contributed by atoms with van der Waals surface area (Å²) in [4.78, 5) is 12.5. The standard InChI is InChI=1S/C17H14Cl2F3N3OS/c1-16(2)10(7-11(19)17(20,21)22)12(16)13(26)23-15-25-24-14(27-15)8-4-3-5-9(18)6-8/h3-7,10,12H,1-2H3,(H,23,25,26)/b11-7+. The SMILES string of the molecule is CC1(C)C(/C=C(/Cl)C(F)(F)F)C1C(=O)Nc1nnc(-c2cccc(Cl)c2)s1. The maximum atomic E-state index is 12.6. The number of amides is 1. The third kappa shape index (κ3) is 4.28. The van der Waals surface area contributed by atoms with Crippen LogP contribution in [0.2, 0.25) is 5.02 Å². The summed E-state index contributed by atoms with van der Waals surface area (Å²) in [7, 11) is 0. The van der Waals surface area contributed by atoms with E-state index in [2.05, 4.69) is 15.5 Å². The highest BCUT2D eigenvalue weighted by atomic mass is 35.5. The van der Waals surface area contributed by atoms with Crippen LogP contribution < -0.4 is 5.32 Å². The average Bonchev–Trinajstić information content (AvgIpc) is 2.90. The van der Waals surface area contributed by atoms with Crippen molar-refractivity contribution in [3.8, 4) is 10.6 Å². The Morgan fingerprint density at radius 1 is 1.33 bits per heavy atom. The van der Waals surface area contributed by atoms with Crippen LogP contribution in [0.4, 0.5) is 18.3 Å². The second-order valence-electron chi connectivity index (χ2n) is 6.75. The Morgan fingerprint density at radius 3 is 2.67 bits per heavy atom. The molecule has 0 aliphatic heterocycles. The highest BCUT2D eigenvalue weighted by Gasteiger charge is 2.61. The first kappa shape index (κ1) is 20.1. The minimum atomic E-state index is -4.62. The number of anilines is 1. The molecule has 0 saturated heterocycles. The molecule has 1 fully saturated rings. The number of carbonyl (C=O) groups is 1. The molecule has 0 spiro atoms. The van der Waals surface area contributed by atoms with E-state index in [0.717, 1.165) is 23.0 Å². The first-order chi connectivity index (χ1) is 12.5. The Bertz CT molecular complexity index is 911. The molecule has 2 atom stereocenters. The van der Waals surface area contributed by atoms with Crippen LogP contribution in [0.15, 0.2) is 35.4 Å². The van der Waals surface area contributed by atoms with Crippen molar-refractivity contribution in [2.45, 2.75) is 20.0 Å². The van der Waals surface area contributed by atoms with Gasteiger partial charge in [-0.05, 0) is 23.5 Å². The maximum Gasteiger partial charge on any atom is 0.426 e. The Hall–Kier alpha value is -1.64. The molecular weight excluding hydrogens is 422 g/mol. The minimum absolute atomic E-state index is 0.266. The molecule has 0 bridgehead atoms. The van der Waals surface area contributed by atoms with Crippen molar-refractivity contribution >= 4 is 45.6 Å². The summed E-state index contributed by atoms with van der Waals surface area (Å²) in [5.74, 6) is -1.65. The van der Waals surface area contributed by atoms with Crippen LogP contribution in [0.5, 0.6) is 0 Å². The van der Waals surface area contributed by atoms with Gasteiger partial charge in [0.2, 0.25) is 11.0 Å². The van der Waals surface area contributed by atoms with Gasteiger partial charge >= 0.3 is 6.18 Å². The number of halogens is 5. The van der Waals surface area contributed by atoms with E-state index in [1.54, 1.807) is 32.0 Å². The molecule has 1 aliphatic rings. The highest BCUT2D eigenvalue weighted by molar-refractivity contribution is 7.18. The van der Waals surface area contributed by atoms with Gasteiger partial charge in [-0.3, -0.25) is 4.79 Å². The molecule has 1 aromatic heterocycles. The topological polar surface area (TPSA) is 54.9 Å². The monoisotopic (exact) mass is 435 g/mol. The van der Waals surface area contributed by atoms with Gasteiger partial charge in [0.25, 0.3) is 0 Å². The fourth-order valence-corrected chi connectivity index (χ4v) is 4.01. The average molecular weight is 436 g/mol. The van der Waals surface area contributed by atoms with E-state index in [-0.39, 0.29) is 5.13 Å². The Labute approximate surface area is 167 Å². The lowest BCUT2D eigenvalue weighted by Gasteiger charge is -2.04. The third-order valence-corrected chi connectivity index (χ3v) is 5.98. The number of rotatable bonds is 4. The molecular formula is C17H14Cl2F3N3OS. The molecule has 1 N–H and O–H groups in total. The fraction of sp³-hybridized carbons (Fsp3) is 0.353. The van der Waals surface area contributed by atoms with Crippen LogP contribution in [-0.4, -0.2) is 22.3 Å². The summed E-state index contributed by atoms with van der Waals surface area (Å²) in [6, 6.07) is 7.02. The Kier molecular flexibility index (Phi) is 5.26. The van der Waals surface area contributed by atoms with Gasteiger partial charge in [0.15, 0.2) is 0 Å². The normalized spacial score (nSPS) is 21.8. The summed E-state index contributed by atoms with van der Waals surface area (Å²) in [6.45, 7) is 3.44. The molecule has 4 nitrogen and oxygen atoms in total. The van der Waals surface area contributed by atoms with E-state index >= 15 is 0 Å². The zero-order valence-corrected chi connectivity index (χ0v) is 16.5. The summed E-state index contributed by atoms with van der Waals surface area (Å²) in [6.07, 6.45) is -3.71. The number of nitrogens with one attached hydrogen (secondary N) is 1. The van der Waals surface area contributed by atoms with Crippen LogP contribution in [0.3, 0.4) is 0 Å². The van der Waals surface area contributed by atoms with Crippen molar-refractivity contribution in [2.75, 3.05) is 5.32 Å². The summed E-state index contributed by atoms with van der Waals surface area (Å²) < 4.78 is 37.9. The largest absolute Gasteiger partial charge is 0.426 e. The Balaban J connectivity index is 1.71. The van der Waals surface area contributed by atoms with E-state index < -0.39 is 34.4 Å². The molecule has 1 saturated carbocycles. The van der Waals surface area contributed by atoms with Crippen LogP contribution in [0.25, 0.3) is 10.6 Å². The molecule has 10 heteroatoms. The molecule has 144 valence electrons. The Morgan fingerprint density at radius 2 is 2.04 bits per heavy atom. The number of hydrogen-bond donors (Lipinski definition) is 1. The number of benzene rings is 1. The quantitative estimate of drug-likeness (QED) is 0.664. The predicted octanol–water partition coefficient (Wildman–Crippen LogP) is 5.75. The van der Waals surface area contributed by atoms with Gasteiger partial charge in [0.1, 0.15) is 10.0 Å². The van der Waals surface area contributed by atoms with E-state index in [4.69, 9.17) is 23.2 Å². The highest BCUT2D eigenvalue weighted by Crippen LogP contribution is 2.60.